The van der Waals surface area contributed by atoms with Gasteiger partial charge in [-0.1, -0.05) is 28.9 Å². The quantitative estimate of drug-likeness (QED) is 0.484. The Kier molecular flexibility index (Phi) is 3.64. The fourth-order valence-electron chi connectivity index (χ4n) is 0.890. The third-order valence-corrected chi connectivity index (χ3v) is 1.69. The van der Waals surface area contributed by atoms with Crippen LogP contribution in [-0.2, 0) is 0 Å². The van der Waals surface area contributed by atoms with E-state index in [2.05, 4.69) is 9.89 Å². The third kappa shape index (κ3) is 2.56. The molecular formula is C8H6ClF2NO2. The van der Waals surface area contributed by atoms with Gasteiger partial charge < -0.3 is 9.94 Å². The lowest BCUT2D eigenvalue weighted by molar-refractivity contribution is -0.0499. The largest absolute Gasteiger partial charge is 0.434 e. The van der Waals surface area contributed by atoms with Crippen molar-refractivity contribution in [2.45, 2.75) is 6.61 Å². The molecule has 1 aromatic carbocycles. The molecule has 0 saturated carbocycles. The lowest BCUT2D eigenvalue weighted by Crippen LogP contribution is -2.05. The maximum atomic E-state index is 11.9. The standard InChI is InChI=1S/C8H6ClF2NO2/c9-7(12-13)5-3-1-2-4-6(5)14-8(10)11/h1-4,8,13H/b12-7-. The highest BCUT2D eigenvalue weighted by Crippen LogP contribution is 2.22. The van der Waals surface area contributed by atoms with Crippen LogP contribution in [0.5, 0.6) is 5.75 Å². The van der Waals surface area contributed by atoms with Crippen molar-refractivity contribution in [3.8, 4) is 5.75 Å². The maximum Gasteiger partial charge on any atom is 0.387 e. The van der Waals surface area contributed by atoms with E-state index in [0.29, 0.717) is 0 Å². The Balaban J connectivity index is 3.03. The average molecular weight is 222 g/mol. The van der Waals surface area contributed by atoms with Crippen molar-refractivity contribution in [1.82, 2.24) is 0 Å². The molecule has 0 aliphatic heterocycles. The predicted octanol–water partition coefficient (Wildman–Crippen LogP) is 2.66. The second kappa shape index (κ2) is 4.76. The lowest BCUT2D eigenvalue weighted by Gasteiger charge is -2.07. The fraction of sp³-hybridized carbons (Fsp3) is 0.125. The van der Waals surface area contributed by atoms with E-state index in [-0.39, 0.29) is 16.5 Å². The monoisotopic (exact) mass is 221 g/mol. The van der Waals surface area contributed by atoms with Crippen LogP contribution >= 0.6 is 11.6 Å². The van der Waals surface area contributed by atoms with E-state index in [1.807, 2.05) is 0 Å². The highest BCUT2D eigenvalue weighted by atomic mass is 35.5. The molecule has 0 bridgehead atoms. The number of benzene rings is 1. The summed E-state index contributed by atoms with van der Waals surface area (Å²) in [5.74, 6) is -0.134. The van der Waals surface area contributed by atoms with Crippen molar-refractivity contribution in [3.05, 3.63) is 29.8 Å². The number of hydrogen-bond donors (Lipinski definition) is 1. The number of nitrogens with zero attached hydrogens (tertiary/aromatic N) is 1. The topological polar surface area (TPSA) is 41.8 Å². The van der Waals surface area contributed by atoms with Gasteiger partial charge in [0.2, 0.25) is 0 Å². The van der Waals surface area contributed by atoms with Crippen LogP contribution in [0.1, 0.15) is 5.56 Å². The van der Waals surface area contributed by atoms with Crippen LogP contribution in [0.4, 0.5) is 8.78 Å². The van der Waals surface area contributed by atoms with Gasteiger partial charge in [0.15, 0.2) is 5.17 Å². The summed E-state index contributed by atoms with van der Waals surface area (Å²) in [6.45, 7) is -2.95. The molecule has 0 radical (unpaired) electrons. The summed E-state index contributed by atoms with van der Waals surface area (Å²) in [7, 11) is 0. The summed E-state index contributed by atoms with van der Waals surface area (Å²) >= 11 is 5.45. The van der Waals surface area contributed by atoms with Gasteiger partial charge in [-0.2, -0.15) is 8.78 Å². The molecule has 0 unspecified atom stereocenters. The molecule has 0 aromatic heterocycles. The van der Waals surface area contributed by atoms with Crippen LogP contribution < -0.4 is 4.74 Å². The highest BCUT2D eigenvalue weighted by Gasteiger charge is 2.12. The van der Waals surface area contributed by atoms with Crippen molar-refractivity contribution in [3.63, 3.8) is 0 Å². The van der Waals surface area contributed by atoms with Crippen molar-refractivity contribution in [2.24, 2.45) is 5.16 Å². The molecule has 1 N–H and O–H groups in total. The summed E-state index contributed by atoms with van der Waals surface area (Å²) < 4.78 is 28.0. The minimum absolute atomic E-state index is 0.108. The first-order valence-electron chi connectivity index (χ1n) is 3.57. The number of halogens is 3. The van der Waals surface area contributed by atoms with Crippen LogP contribution in [0.25, 0.3) is 0 Å². The molecule has 6 heteroatoms. The van der Waals surface area contributed by atoms with Crippen LogP contribution in [0.3, 0.4) is 0 Å². The zero-order chi connectivity index (χ0) is 10.6. The van der Waals surface area contributed by atoms with E-state index in [1.54, 1.807) is 6.07 Å². The van der Waals surface area contributed by atoms with E-state index < -0.39 is 6.61 Å². The maximum absolute atomic E-state index is 11.9. The first-order valence-corrected chi connectivity index (χ1v) is 3.94. The number of hydrogen-bond acceptors (Lipinski definition) is 3. The number of rotatable bonds is 3. The van der Waals surface area contributed by atoms with Gasteiger partial charge in [-0.3, -0.25) is 0 Å². The molecule has 0 fully saturated rings. The normalized spacial score (nSPS) is 11.9. The zero-order valence-electron chi connectivity index (χ0n) is 6.82. The van der Waals surface area contributed by atoms with Gasteiger partial charge in [0.25, 0.3) is 0 Å². The number of para-hydroxylation sites is 1. The minimum Gasteiger partial charge on any atom is -0.434 e. The van der Waals surface area contributed by atoms with Crippen LogP contribution in [0.2, 0.25) is 0 Å². The highest BCUT2D eigenvalue weighted by molar-refractivity contribution is 6.69. The smallest absolute Gasteiger partial charge is 0.387 e. The van der Waals surface area contributed by atoms with Crippen LogP contribution in [0, 0.1) is 0 Å². The second-order valence-corrected chi connectivity index (χ2v) is 2.62. The molecule has 14 heavy (non-hydrogen) atoms. The van der Waals surface area contributed by atoms with Gasteiger partial charge in [0.1, 0.15) is 5.75 Å². The van der Waals surface area contributed by atoms with Gasteiger partial charge in [-0.05, 0) is 12.1 Å². The second-order valence-electron chi connectivity index (χ2n) is 2.27. The first kappa shape index (κ1) is 10.7. The summed E-state index contributed by atoms with van der Waals surface area (Å²) in [4.78, 5) is 0. The lowest BCUT2D eigenvalue weighted by atomic mass is 10.2. The summed E-state index contributed by atoms with van der Waals surface area (Å²) in [5, 5.41) is 10.7. The van der Waals surface area contributed by atoms with E-state index in [1.165, 1.54) is 18.2 Å². The molecule has 0 aliphatic carbocycles. The van der Waals surface area contributed by atoms with Crippen molar-refractivity contribution >= 4 is 16.8 Å². The van der Waals surface area contributed by atoms with Gasteiger partial charge in [0, 0.05) is 0 Å². The molecule has 1 rings (SSSR count). The van der Waals surface area contributed by atoms with Gasteiger partial charge in [-0.25, -0.2) is 0 Å². The Hall–Kier alpha value is -1.36. The number of ether oxygens (including phenoxy) is 1. The number of alkyl halides is 2. The fourth-order valence-corrected chi connectivity index (χ4v) is 1.05. The molecule has 3 nitrogen and oxygen atoms in total. The van der Waals surface area contributed by atoms with Crippen molar-refractivity contribution in [2.75, 3.05) is 0 Å². The van der Waals surface area contributed by atoms with E-state index in [0.717, 1.165) is 0 Å². The van der Waals surface area contributed by atoms with E-state index >= 15 is 0 Å². The average Bonchev–Trinajstić information content (AvgIpc) is 2.16. The van der Waals surface area contributed by atoms with Gasteiger partial charge in [-0.15, -0.1) is 0 Å². The summed E-state index contributed by atoms with van der Waals surface area (Å²) in [6.07, 6.45) is 0. The van der Waals surface area contributed by atoms with E-state index in [4.69, 9.17) is 16.8 Å². The SMILES string of the molecule is O/N=C(\Cl)c1ccccc1OC(F)F. The van der Waals surface area contributed by atoms with Gasteiger partial charge in [0.05, 0.1) is 5.56 Å². The molecular weight excluding hydrogens is 216 g/mol. The Labute approximate surface area is 83.6 Å². The molecule has 0 aliphatic rings. The molecule has 0 amide bonds. The summed E-state index contributed by atoms with van der Waals surface area (Å²) in [6, 6.07) is 5.76. The van der Waals surface area contributed by atoms with Crippen LogP contribution in [0.15, 0.2) is 29.4 Å². The molecule has 0 heterocycles. The van der Waals surface area contributed by atoms with Crippen molar-refractivity contribution < 1.29 is 18.7 Å². The Morgan fingerprint density at radius 3 is 2.64 bits per heavy atom. The minimum atomic E-state index is -2.95. The first-order chi connectivity index (χ1) is 6.65. The predicted molar refractivity (Wildman–Crippen MR) is 47.3 cm³/mol. The molecule has 76 valence electrons. The van der Waals surface area contributed by atoms with Gasteiger partial charge >= 0.3 is 6.61 Å². The Morgan fingerprint density at radius 1 is 1.43 bits per heavy atom. The Bertz CT molecular complexity index is 344. The third-order valence-electron chi connectivity index (χ3n) is 1.41. The zero-order valence-corrected chi connectivity index (χ0v) is 7.58. The van der Waals surface area contributed by atoms with E-state index in [9.17, 15) is 8.78 Å². The summed E-state index contributed by atoms with van der Waals surface area (Å²) in [5.41, 5.74) is 0.108. The number of oxime groups is 1. The molecule has 0 spiro atoms. The van der Waals surface area contributed by atoms with Crippen LogP contribution in [-0.4, -0.2) is 17.0 Å². The molecule has 1 aromatic rings. The molecule has 0 saturated heterocycles. The van der Waals surface area contributed by atoms with Crippen molar-refractivity contribution in [1.29, 1.82) is 0 Å². The Morgan fingerprint density at radius 2 is 2.07 bits per heavy atom. The molecule has 0 atom stereocenters.